The molecule has 0 unspecified atom stereocenters. The van der Waals surface area contributed by atoms with Gasteiger partial charge in [0.15, 0.2) is 11.6 Å². The van der Waals surface area contributed by atoms with Gasteiger partial charge in [-0.2, -0.15) is 5.26 Å². The Balaban J connectivity index is 2.46. The Kier molecular flexibility index (Phi) is 2.40. The highest BCUT2D eigenvalue weighted by molar-refractivity contribution is 7.16. The Bertz CT molecular complexity index is 542. The van der Waals surface area contributed by atoms with Gasteiger partial charge in [-0.3, -0.25) is 0 Å². The van der Waals surface area contributed by atoms with Gasteiger partial charge in [0.05, 0.1) is 0 Å². The van der Waals surface area contributed by atoms with Crippen LogP contribution in [0.4, 0.5) is 4.39 Å². The van der Waals surface area contributed by atoms with Gasteiger partial charge in [-0.05, 0) is 35.9 Å². The highest BCUT2D eigenvalue weighted by Gasteiger charge is 2.06. The van der Waals surface area contributed by atoms with Crippen LogP contribution in [0.1, 0.15) is 4.88 Å². The van der Waals surface area contributed by atoms with Crippen molar-refractivity contribution < 1.29 is 9.50 Å². The molecule has 0 bridgehead atoms. The summed E-state index contributed by atoms with van der Waals surface area (Å²) in [7, 11) is 0. The maximum Gasteiger partial charge on any atom is 0.165 e. The van der Waals surface area contributed by atoms with Crippen molar-refractivity contribution in [3.63, 3.8) is 0 Å². The molecule has 15 heavy (non-hydrogen) atoms. The van der Waals surface area contributed by atoms with Crippen LogP contribution in [-0.4, -0.2) is 5.11 Å². The molecule has 2 rings (SSSR count). The average molecular weight is 219 g/mol. The Morgan fingerprint density at radius 2 is 2.07 bits per heavy atom. The van der Waals surface area contributed by atoms with Crippen molar-refractivity contribution in [3.05, 3.63) is 41.0 Å². The maximum absolute atomic E-state index is 13.0. The molecule has 1 heterocycles. The number of halogens is 1. The number of nitriles is 1. The quantitative estimate of drug-likeness (QED) is 0.800. The first-order chi connectivity index (χ1) is 7.20. The van der Waals surface area contributed by atoms with E-state index in [0.717, 1.165) is 4.88 Å². The van der Waals surface area contributed by atoms with Crippen LogP contribution in [0.5, 0.6) is 5.75 Å². The van der Waals surface area contributed by atoms with Gasteiger partial charge in [-0.1, -0.05) is 0 Å². The molecule has 0 saturated heterocycles. The number of hydrogen-bond acceptors (Lipinski definition) is 3. The average Bonchev–Trinajstić information content (AvgIpc) is 2.70. The zero-order chi connectivity index (χ0) is 10.8. The Labute approximate surface area is 89.8 Å². The monoisotopic (exact) mass is 219 g/mol. The minimum Gasteiger partial charge on any atom is -0.505 e. The molecular weight excluding hydrogens is 213 g/mol. The smallest absolute Gasteiger partial charge is 0.165 e. The molecule has 0 aliphatic carbocycles. The first kappa shape index (κ1) is 9.69. The molecule has 1 aromatic heterocycles. The second kappa shape index (κ2) is 3.71. The molecule has 0 fully saturated rings. The second-order valence-electron chi connectivity index (χ2n) is 2.94. The van der Waals surface area contributed by atoms with E-state index in [9.17, 15) is 4.39 Å². The van der Waals surface area contributed by atoms with Crippen LogP contribution in [0.2, 0.25) is 0 Å². The standard InChI is InChI=1S/C11H6FNOS/c12-9-5-7(1-3-10(9)14)11-4-2-8(6-13)15-11/h1-5,14H. The molecule has 1 aromatic carbocycles. The number of rotatable bonds is 1. The van der Waals surface area contributed by atoms with Gasteiger partial charge < -0.3 is 5.11 Å². The summed E-state index contributed by atoms with van der Waals surface area (Å²) in [6.45, 7) is 0. The van der Waals surface area contributed by atoms with Gasteiger partial charge in [-0.25, -0.2) is 4.39 Å². The molecule has 0 spiro atoms. The van der Waals surface area contributed by atoms with E-state index in [-0.39, 0.29) is 5.75 Å². The normalized spacial score (nSPS) is 9.87. The van der Waals surface area contributed by atoms with Gasteiger partial charge in [0.1, 0.15) is 10.9 Å². The van der Waals surface area contributed by atoms with Crippen molar-refractivity contribution >= 4 is 11.3 Å². The molecule has 1 N–H and O–H groups in total. The lowest BCUT2D eigenvalue weighted by Gasteiger charge is -1.98. The molecule has 74 valence electrons. The predicted molar refractivity (Wildman–Crippen MR) is 56.1 cm³/mol. The Hall–Kier alpha value is -1.86. The molecule has 0 saturated carbocycles. The van der Waals surface area contributed by atoms with Crippen LogP contribution in [0.25, 0.3) is 10.4 Å². The zero-order valence-electron chi connectivity index (χ0n) is 7.57. The second-order valence-corrected chi connectivity index (χ2v) is 4.03. The fourth-order valence-corrected chi connectivity index (χ4v) is 2.01. The zero-order valence-corrected chi connectivity index (χ0v) is 8.38. The summed E-state index contributed by atoms with van der Waals surface area (Å²) in [4.78, 5) is 1.39. The molecule has 4 heteroatoms. The third-order valence-corrected chi connectivity index (χ3v) is 2.99. The van der Waals surface area contributed by atoms with Crippen LogP contribution in [-0.2, 0) is 0 Å². The van der Waals surface area contributed by atoms with Gasteiger partial charge in [0, 0.05) is 4.88 Å². The van der Waals surface area contributed by atoms with Gasteiger partial charge in [-0.15, -0.1) is 11.3 Å². The first-order valence-corrected chi connectivity index (χ1v) is 5.01. The lowest BCUT2D eigenvalue weighted by Crippen LogP contribution is -1.77. The fraction of sp³-hybridized carbons (Fsp3) is 0. The molecule has 0 aliphatic heterocycles. The third-order valence-electron chi connectivity index (χ3n) is 1.95. The van der Waals surface area contributed by atoms with E-state index in [1.54, 1.807) is 18.2 Å². The number of phenolic OH excluding ortho intramolecular Hbond substituents is 1. The molecule has 0 aliphatic rings. The first-order valence-electron chi connectivity index (χ1n) is 4.19. The predicted octanol–water partition coefficient (Wildman–Crippen LogP) is 3.13. The highest BCUT2D eigenvalue weighted by atomic mass is 32.1. The summed E-state index contributed by atoms with van der Waals surface area (Å²) in [5, 5.41) is 17.7. The minimum atomic E-state index is -0.653. The van der Waals surface area contributed by atoms with Crippen LogP contribution < -0.4 is 0 Å². The summed E-state index contributed by atoms with van der Waals surface area (Å²) in [6, 6.07) is 9.63. The Morgan fingerprint density at radius 3 is 2.67 bits per heavy atom. The van der Waals surface area contributed by atoms with E-state index in [1.807, 2.05) is 6.07 Å². The molecule has 0 radical (unpaired) electrons. The summed E-state index contributed by atoms with van der Waals surface area (Å²) in [6.07, 6.45) is 0. The molecule has 2 aromatic rings. The third kappa shape index (κ3) is 1.83. The number of aromatic hydroxyl groups is 1. The van der Waals surface area contributed by atoms with Crippen molar-refractivity contribution in [1.29, 1.82) is 5.26 Å². The van der Waals surface area contributed by atoms with Gasteiger partial charge >= 0.3 is 0 Å². The van der Waals surface area contributed by atoms with E-state index < -0.39 is 5.82 Å². The van der Waals surface area contributed by atoms with Crippen LogP contribution in [0.15, 0.2) is 30.3 Å². The van der Waals surface area contributed by atoms with Crippen molar-refractivity contribution in [2.24, 2.45) is 0 Å². The van der Waals surface area contributed by atoms with E-state index >= 15 is 0 Å². The van der Waals surface area contributed by atoms with E-state index in [4.69, 9.17) is 10.4 Å². The van der Waals surface area contributed by atoms with Gasteiger partial charge in [0.25, 0.3) is 0 Å². The number of benzene rings is 1. The number of phenols is 1. The maximum atomic E-state index is 13.0. The highest BCUT2D eigenvalue weighted by Crippen LogP contribution is 2.30. The molecule has 0 amide bonds. The topological polar surface area (TPSA) is 44.0 Å². The SMILES string of the molecule is N#Cc1ccc(-c2ccc(O)c(F)c2)s1. The minimum absolute atomic E-state index is 0.365. The lowest BCUT2D eigenvalue weighted by atomic mass is 10.2. The molecule has 0 atom stereocenters. The van der Waals surface area contributed by atoms with E-state index in [1.165, 1.54) is 23.5 Å². The van der Waals surface area contributed by atoms with Crippen molar-refractivity contribution in [3.8, 4) is 22.3 Å². The summed E-state index contributed by atoms with van der Waals surface area (Å²) < 4.78 is 13.0. The largest absolute Gasteiger partial charge is 0.505 e. The molecule has 2 nitrogen and oxygen atoms in total. The summed E-state index contributed by atoms with van der Waals surface area (Å²) in [5.74, 6) is -1.02. The van der Waals surface area contributed by atoms with Crippen LogP contribution in [0, 0.1) is 17.1 Å². The Morgan fingerprint density at radius 1 is 1.27 bits per heavy atom. The van der Waals surface area contributed by atoms with E-state index in [0.29, 0.717) is 10.4 Å². The number of nitrogens with zero attached hydrogens (tertiary/aromatic N) is 1. The van der Waals surface area contributed by atoms with Gasteiger partial charge in [0.2, 0.25) is 0 Å². The molecular formula is C11H6FNOS. The summed E-state index contributed by atoms with van der Waals surface area (Å²) >= 11 is 1.29. The fourth-order valence-electron chi connectivity index (χ4n) is 1.21. The van der Waals surface area contributed by atoms with Crippen molar-refractivity contribution in [1.82, 2.24) is 0 Å². The number of hydrogen-bond donors (Lipinski definition) is 1. The van der Waals surface area contributed by atoms with Crippen LogP contribution >= 0.6 is 11.3 Å². The lowest BCUT2D eigenvalue weighted by molar-refractivity contribution is 0.432. The van der Waals surface area contributed by atoms with Crippen molar-refractivity contribution in [2.45, 2.75) is 0 Å². The van der Waals surface area contributed by atoms with Crippen LogP contribution in [0.3, 0.4) is 0 Å². The van der Waals surface area contributed by atoms with Crippen molar-refractivity contribution in [2.75, 3.05) is 0 Å². The number of thiophene rings is 1. The van der Waals surface area contributed by atoms with E-state index in [2.05, 4.69) is 0 Å². The summed E-state index contributed by atoms with van der Waals surface area (Å²) in [5.41, 5.74) is 0.664.